The minimum Gasteiger partial charge on any atom is -0.461 e. The summed E-state index contributed by atoms with van der Waals surface area (Å²) in [6, 6.07) is -3.05. The first-order chi connectivity index (χ1) is 16.0. The molecule has 0 aromatic carbocycles. The number of hydrogen-bond donors (Lipinski definition) is 2. The highest BCUT2D eigenvalue weighted by Crippen LogP contribution is 2.23. The fourth-order valence-electron chi connectivity index (χ4n) is 4.65. The van der Waals surface area contributed by atoms with Crippen molar-refractivity contribution < 1.29 is 33.8 Å². The Balaban J connectivity index is 2.01. The van der Waals surface area contributed by atoms with Crippen LogP contribution in [0.5, 0.6) is 0 Å². The number of aliphatic hydroxyl groups excluding tert-OH is 1. The molecule has 0 aromatic rings. The van der Waals surface area contributed by atoms with Gasteiger partial charge in [0.2, 0.25) is 17.7 Å². The Hall–Kier alpha value is -2.53. The highest BCUT2D eigenvalue weighted by atomic mass is 16.5. The Labute approximate surface area is 200 Å². The minimum absolute atomic E-state index is 0.0488. The fourth-order valence-corrected chi connectivity index (χ4v) is 4.65. The van der Waals surface area contributed by atoms with Crippen LogP contribution in [-0.4, -0.2) is 113 Å². The van der Waals surface area contributed by atoms with Gasteiger partial charge in [0, 0.05) is 13.6 Å². The predicted molar refractivity (Wildman–Crippen MR) is 122 cm³/mol. The zero-order chi connectivity index (χ0) is 25.6. The molecule has 6 atom stereocenters. The number of amides is 3. The van der Waals surface area contributed by atoms with Gasteiger partial charge < -0.3 is 29.8 Å². The van der Waals surface area contributed by atoms with E-state index in [-0.39, 0.29) is 24.3 Å². The van der Waals surface area contributed by atoms with E-state index >= 15 is 0 Å². The molecule has 0 aromatic heterocycles. The summed E-state index contributed by atoms with van der Waals surface area (Å²) in [5.74, 6) is -1.78. The van der Waals surface area contributed by atoms with Crippen molar-refractivity contribution in [2.45, 2.75) is 89.3 Å². The summed E-state index contributed by atoms with van der Waals surface area (Å²) >= 11 is 0. The van der Waals surface area contributed by atoms with Crippen molar-refractivity contribution in [3.05, 3.63) is 0 Å². The molecule has 192 valence electrons. The molecule has 11 heteroatoms. The number of likely N-dealkylation sites (tertiary alicyclic amines) is 2. The highest BCUT2D eigenvalue weighted by Gasteiger charge is 2.41. The summed E-state index contributed by atoms with van der Waals surface area (Å²) in [5, 5.41) is 12.6. The van der Waals surface area contributed by atoms with E-state index < -0.39 is 42.1 Å². The largest absolute Gasteiger partial charge is 0.461 e. The first-order valence-electron chi connectivity index (χ1n) is 11.9. The molecule has 2 rings (SSSR count). The molecule has 2 aliphatic rings. The van der Waals surface area contributed by atoms with Crippen molar-refractivity contribution in [1.29, 1.82) is 0 Å². The number of carbonyl (C=O) groups is 5. The summed E-state index contributed by atoms with van der Waals surface area (Å²) in [5.41, 5.74) is 0. The summed E-state index contributed by atoms with van der Waals surface area (Å²) < 4.78 is 5.49. The molecule has 6 unspecified atom stereocenters. The van der Waals surface area contributed by atoms with E-state index in [0.29, 0.717) is 25.7 Å². The SMILES string of the molecule is CC(C=O)NC(=O)C(C(C)O)N(C)C(=O)C1CCCN1C(=O)CC(C)OC(=O)C1CCCN1C. The molecule has 2 fully saturated rings. The van der Waals surface area contributed by atoms with Crippen LogP contribution in [-0.2, 0) is 28.7 Å². The number of nitrogens with zero attached hydrogens (tertiary/aromatic N) is 3. The number of likely N-dealkylation sites (N-methyl/N-ethyl adjacent to an activating group) is 2. The van der Waals surface area contributed by atoms with Gasteiger partial charge in [-0.25, -0.2) is 0 Å². The lowest BCUT2D eigenvalue weighted by atomic mass is 10.1. The Morgan fingerprint density at radius 1 is 1.12 bits per heavy atom. The highest BCUT2D eigenvalue weighted by molar-refractivity contribution is 5.93. The second-order valence-electron chi connectivity index (χ2n) is 9.40. The minimum atomic E-state index is -1.21. The Bertz CT molecular complexity index is 774. The Kier molecular flexibility index (Phi) is 9.99. The molecule has 0 aliphatic carbocycles. The van der Waals surface area contributed by atoms with Crippen molar-refractivity contribution in [2.75, 3.05) is 27.2 Å². The normalized spacial score (nSPS) is 24.1. The number of rotatable bonds is 10. The number of carbonyl (C=O) groups excluding carboxylic acids is 5. The van der Waals surface area contributed by atoms with Crippen LogP contribution in [0.3, 0.4) is 0 Å². The van der Waals surface area contributed by atoms with E-state index in [2.05, 4.69) is 5.32 Å². The van der Waals surface area contributed by atoms with E-state index in [4.69, 9.17) is 4.74 Å². The summed E-state index contributed by atoms with van der Waals surface area (Å²) in [6.07, 6.45) is 1.37. The molecule has 3 amide bonds. The third-order valence-corrected chi connectivity index (χ3v) is 6.49. The maximum absolute atomic E-state index is 13.2. The third-order valence-electron chi connectivity index (χ3n) is 6.49. The Morgan fingerprint density at radius 2 is 1.74 bits per heavy atom. The number of aliphatic hydroxyl groups is 1. The van der Waals surface area contributed by atoms with Crippen molar-refractivity contribution in [3.8, 4) is 0 Å². The molecule has 11 nitrogen and oxygen atoms in total. The van der Waals surface area contributed by atoms with Crippen LogP contribution in [0.4, 0.5) is 0 Å². The molecule has 0 spiro atoms. The predicted octanol–water partition coefficient (Wildman–Crippen LogP) is -0.695. The number of nitrogens with one attached hydrogen (secondary N) is 1. The summed E-state index contributed by atoms with van der Waals surface area (Å²) in [6.45, 7) is 5.74. The maximum atomic E-state index is 13.2. The van der Waals surface area contributed by atoms with E-state index in [1.807, 2.05) is 11.9 Å². The van der Waals surface area contributed by atoms with E-state index in [9.17, 15) is 29.1 Å². The van der Waals surface area contributed by atoms with Crippen molar-refractivity contribution >= 4 is 30.0 Å². The average Bonchev–Trinajstić information content (AvgIpc) is 3.41. The second kappa shape index (κ2) is 12.3. The number of esters is 1. The zero-order valence-electron chi connectivity index (χ0n) is 20.7. The van der Waals surface area contributed by atoms with Gasteiger partial charge in [0.25, 0.3) is 0 Å². The topological polar surface area (TPSA) is 137 Å². The maximum Gasteiger partial charge on any atom is 0.323 e. The first kappa shape index (κ1) is 27.7. The monoisotopic (exact) mass is 482 g/mol. The molecule has 0 bridgehead atoms. The van der Waals surface area contributed by atoms with Crippen LogP contribution in [0, 0.1) is 0 Å². The van der Waals surface area contributed by atoms with Crippen LogP contribution >= 0.6 is 0 Å². The molecule has 2 heterocycles. The van der Waals surface area contributed by atoms with Crippen LogP contribution in [0.15, 0.2) is 0 Å². The zero-order valence-corrected chi connectivity index (χ0v) is 20.7. The van der Waals surface area contributed by atoms with Gasteiger partial charge in [-0.3, -0.25) is 24.1 Å². The molecule has 2 aliphatic heterocycles. The van der Waals surface area contributed by atoms with E-state index in [0.717, 1.165) is 24.3 Å². The van der Waals surface area contributed by atoms with Gasteiger partial charge in [0.1, 0.15) is 30.5 Å². The summed E-state index contributed by atoms with van der Waals surface area (Å²) in [4.78, 5) is 66.5. The molecule has 2 saturated heterocycles. The van der Waals surface area contributed by atoms with E-state index in [1.165, 1.54) is 25.8 Å². The van der Waals surface area contributed by atoms with Gasteiger partial charge in [-0.1, -0.05) is 0 Å². The third kappa shape index (κ3) is 6.75. The standard InChI is InChI=1S/C23H38N4O7/c1-14(13-28)24-21(31)20(16(3)29)26(5)22(32)17-8-7-11-27(17)19(30)12-15(2)34-23(33)18-9-6-10-25(18)4/h13-18,20,29H,6-12H2,1-5H3,(H,24,31). The van der Waals surface area contributed by atoms with E-state index in [1.54, 1.807) is 6.92 Å². The average molecular weight is 483 g/mol. The Morgan fingerprint density at radius 3 is 2.29 bits per heavy atom. The smallest absolute Gasteiger partial charge is 0.323 e. The van der Waals surface area contributed by atoms with Gasteiger partial charge in [0.05, 0.1) is 18.6 Å². The van der Waals surface area contributed by atoms with Gasteiger partial charge in [-0.15, -0.1) is 0 Å². The lowest BCUT2D eigenvalue weighted by molar-refractivity contribution is -0.156. The van der Waals surface area contributed by atoms with Gasteiger partial charge in [-0.05, 0) is 60.0 Å². The van der Waals surface area contributed by atoms with Crippen molar-refractivity contribution in [3.63, 3.8) is 0 Å². The second-order valence-corrected chi connectivity index (χ2v) is 9.40. The molecule has 34 heavy (non-hydrogen) atoms. The van der Waals surface area contributed by atoms with Crippen LogP contribution < -0.4 is 5.32 Å². The number of aldehydes is 1. The number of hydrogen-bond acceptors (Lipinski definition) is 8. The molecule has 0 radical (unpaired) electrons. The van der Waals surface area contributed by atoms with Gasteiger partial charge in [0.15, 0.2) is 0 Å². The van der Waals surface area contributed by atoms with Gasteiger partial charge >= 0.3 is 5.97 Å². The van der Waals surface area contributed by atoms with Crippen molar-refractivity contribution in [1.82, 2.24) is 20.0 Å². The quantitative estimate of drug-likeness (QED) is 0.308. The first-order valence-corrected chi connectivity index (χ1v) is 11.9. The molecular weight excluding hydrogens is 444 g/mol. The van der Waals surface area contributed by atoms with Crippen LogP contribution in [0.25, 0.3) is 0 Å². The fraction of sp³-hybridized carbons (Fsp3) is 0.783. The number of ether oxygens (including phenoxy) is 1. The lowest BCUT2D eigenvalue weighted by Gasteiger charge is -2.34. The molecule has 2 N–H and O–H groups in total. The summed E-state index contributed by atoms with van der Waals surface area (Å²) in [7, 11) is 3.26. The lowest BCUT2D eigenvalue weighted by Crippen LogP contribution is -2.58. The van der Waals surface area contributed by atoms with Crippen LogP contribution in [0.1, 0.15) is 52.9 Å². The van der Waals surface area contributed by atoms with Crippen LogP contribution in [0.2, 0.25) is 0 Å². The molecule has 0 saturated carbocycles. The molecular formula is C23H38N4O7. The van der Waals surface area contributed by atoms with Crippen molar-refractivity contribution in [2.24, 2.45) is 0 Å². The van der Waals surface area contributed by atoms with Gasteiger partial charge in [-0.2, -0.15) is 0 Å².